The summed E-state index contributed by atoms with van der Waals surface area (Å²) >= 11 is 0. The van der Waals surface area contributed by atoms with E-state index in [4.69, 9.17) is 11.5 Å². The molecule has 1 heteroatoms. The third kappa shape index (κ3) is 2.21. The van der Waals surface area contributed by atoms with Crippen LogP contribution in [0, 0.1) is 12.3 Å². The number of rotatable bonds is 2. The number of terminal acetylenes is 1. The molecule has 13 heavy (non-hydrogen) atoms. The van der Waals surface area contributed by atoms with E-state index in [1.807, 2.05) is 37.3 Å². The van der Waals surface area contributed by atoms with E-state index in [2.05, 4.69) is 5.92 Å². The molecule has 0 aliphatic heterocycles. The zero-order valence-electron chi connectivity index (χ0n) is 7.62. The Labute approximate surface area is 78.7 Å². The molecule has 0 aliphatic rings. The smallest absolute Gasteiger partial charge is 0.0763 e. The van der Waals surface area contributed by atoms with Crippen LogP contribution in [0.2, 0.25) is 0 Å². The molecule has 0 bridgehead atoms. The third-order valence-corrected chi connectivity index (χ3v) is 1.99. The van der Waals surface area contributed by atoms with Crippen LogP contribution in [0.1, 0.15) is 12.5 Å². The Morgan fingerprint density at radius 3 is 2.46 bits per heavy atom. The molecule has 1 aromatic rings. The molecule has 0 unspecified atom stereocenters. The van der Waals surface area contributed by atoms with Gasteiger partial charge in [0, 0.05) is 5.57 Å². The number of benzene rings is 1. The van der Waals surface area contributed by atoms with E-state index < -0.39 is 0 Å². The van der Waals surface area contributed by atoms with Gasteiger partial charge >= 0.3 is 0 Å². The highest BCUT2D eigenvalue weighted by atomic mass is 16.3. The molecule has 0 saturated heterocycles. The highest BCUT2D eigenvalue weighted by Gasteiger charge is 1.99. The molecule has 0 amide bonds. The summed E-state index contributed by atoms with van der Waals surface area (Å²) in [5.41, 5.74) is 2.67. The predicted molar refractivity (Wildman–Crippen MR) is 55.0 cm³/mol. The normalized spacial score (nSPS) is 11.8. The summed E-state index contributed by atoms with van der Waals surface area (Å²) in [6, 6.07) is 9.80. The monoisotopic (exact) mass is 172 g/mol. The molecule has 1 N–H and O–H groups in total. The van der Waals surface area contributed by atoms with Gasteiger partial charge in [0.2, 0.25) is 0 Å². The highest BCUT2D eigenvalue weighted by Crippen LogP contribution is 2.16. The lowest BCUT2D eigenvalue weighted by Crippen LogP contribution is -1.91. The third-order valence-electron chi connectivity index (χ3n) is 1.99. The lowest BCUT2D eigenvalue weighted by atomic mass is 10.0. The first-order valence-electron chi connectivity index (χ1n) is 4.12. The molecule has 1 nitrogen and oxygen atoms in total. The summed E-state index contributed by atoms with van der Waals surface area (Å²) < 4.78 is 0. The molecular weight excluding hydrogens is 160 g/mol. The van der Waals surface area contributed by atoms with Crippen LogP contribution in [-0.2, 0) is 0 Å². The van der Waals surface area contributed by atoms with Gasteiger partial charge in [-0.25, -0.2) is 0 Å². The SMILES string of the molecule is C#CC(CO)=C(C)c1ccccc1. The Morgan fingerprint density at radius 1 is 1.38 bits per heavy atom. The second-order valence-corrected chi connectivity index (χ2v) is 2.77. The first-order valence-corrected chi connectivity index (χ1v) is 4.12. The van der Waals surface area contributed by atoms with Crippen LogP contribution in [-0.4, -0.2) is 11.7 Å². The summed E-state index contributed by atoms with van der Waals surface area (Å²) in [4.78, 5) is 0. The summed E-state index contributed by atoms with van der Waals surface area (Å²) in [7, 11) is 0. The molecular formula is C12H12O. The standard InChI is InChI=1S/C12H12O/c1-3-11(9-13)10(2)12-7-5-4-6-8-12/h1,4-8,13H,9H2,2H3. The minimum Gasteiger partial charge on any atom is -0.391 e. The van der Waals surface area contributed by atoms with E-state index in [0.29, 0.717) is 5.57 Å². The minimum absolute atomic E-state index is 0.0722. The van der Waals surface area contributed by atoms with Crippen LogP contribution in [0.15, 0.2) is 35.9 Å². The van der Waals surface area contributed by atoms with Crippen molar-refractivity contribution >= 4 is 5.57 Å². The van der Waals surface area contributed by atoms with Gasteiger partial charge in [-0.2, -0.15) is 0 Å². The number of aliphatic hydroxyl groups excluding tert-OH is 1. The molecule has 0 fully saturated rings. The molecule has 66 valence electrons. The first kappa shape index (κ1) is 9.57. The van der Waals surface area contributed by atoms with Gasteiger partial charge in [-0.1, -0.05) is 36.3 Å². The Kier molecular flexibility index (Phi) is 3.31. The maximum atomic E-state index is 8.96. The number of aliphatic hydroxyl groups is 1. The van der Waals surface area contributed by atoms with Crippen molar-refractivity contribution < 1.29 is 5.11 Å². The maximum Gasteiger partial charge on any atom is 0.0763 e. The Hall–Kier alpha value is -1.52. The average molecular weight is 172 g/mol. The van der Waals surface area contributed by atoms with Gasteiger partial charge in [0.15, 0.2) is 0 Å². The van der Waals surface area contributed by atoms with Crippen molar-refractivity contribution in [3.8, 4) is 12.3 Å². The van der Waals surface area contributed by atoms with Crippen molar-refractivity contribution in [1.82, 2.24) is 0 Å². The fraction of sp³-hybridized carbons (Fsp3) is 0.167. The lowest BCUT2D eigenvalue weighted by Gasteiger charge is -2.03. The summed E-state index contributed by atoms with van der Waals surface area (Å²) in [6.07, 6.45) is 5.25. The number of hydrogen-bond donors (Lipinski definition) is 1. The molecule has 0 aromatic heterocycles. The van der Waals surface area contributed by atoms with Crippen molar-refractivity contribution in [2.75, 3.05) is 6.61 Å². The van der Waals surface area contributed by atoms with Crippen molar-refractivity contribution in [3.05, 3.63) is 41.5 Å². The average Bonchev–Trinajstić information content (AvgIpc) is 2.21. The van der Waals surface area contributed by atoms with Gasteiger partial charge in [0.05, 0.1) is 6.61 Å². The molecule has 0 aliphatic carbocycles. The molecule has 0 heterocycles. The van der Waals surface area contributed by atoms with E-state index in [9.17, 15) is 0 Å². The Balaban J connectivity index is 3.11. The van der Waals surface area contributed by atoms with Gasteiger partial charge in [0.1, 0.15) is 0 Å². The van der Waals surface area contributed by atoms with Crippen molar-refractivity contribution in [1.29, 1.82) is 0 Å². The summed E-state index contributed by atoms with van der Waals surface area (Å²) in [6.45, 7) is 1.85. The quantitative estimate of drug-likeness (QED) is 0.677. The van der Waals surface area contributed by atoms with Crippen LogP contribution >= 0.6 is 0 Å². The molecule has 0 spiro atoms. The topological polar surface area (TPSA) is 20.2 Å². The lowest BCUT2D eigenvalue weighted by molar-refractivity contribution is 0.336. The van der Waals surface area contributed by atoms with Gasteiger partial charge in [0.25, 0.3) is 0 Å². The van der Waals surface area contributed by atoms with Crippen molar-refractivity contribution in [3.63, 3.8) is 0 Å². The summed E-state index contributed by atoms with van der Waals surface area (Å²) in [5.74, 6) is 2.48. The van der Waals surface area contributed by atoms with Crippen LogP contribution in [0.5, 0.6) is 0 Å². The van der Waals surface area contributed by atoms with Crippen LogP contribution in [0.4, 0.5) is 0 Å². The van der Waals surface area contributed by atoms with Crippen molar-refractivity contribution in [2.45, 2.75) is 6.92 Å². The van der Waals surface area contributed by atoms with E-state index in [0.717, 1.165) is 11.1 Å². The van der Waals surface area contributed by atoms with E-state index >= 15 is 0 Å². The summed E-state index contributed by atoms with van der Waals surface area (Å²) in [5, 5.41) is 8.96. The van der Waals surface area contributed by atoms with Crippen LogP contribution < -0.4 is 0 Å². The zero-order chi connectivity index (χ0) is 9.68. The van der Waals surface area contributed by atoms with Gasteiger partial charge in [-0.15, -0.1) is 6.42 Å². The fourth-order valence-electron chi connectivity index (χ4n) is 1.13. The molecule has 0 atom stereocenters. The van der Waals surface area contributed by atoms with Crippen LogP contribution in [0.3, 0.4) is 0 Å². The molecule has 1 aromatic carbocycles. The highest BCUT2D eigenvalue weighted by molar-refractivity contribution is 5.70. The van der Waals surface area contributed by atoms with Crippen LogP contribution in [0.25, 0.3) is 5.57 Å². The minimum atomic E-state index is -0.0722. The largest absolute Gasteiger partial charge is 0.391 e. The molecule has 0 radical (unpaired) electrons. The fourth-order valence-corrected chi connectivity index (χ4v) is 1.13. The molecule has 0 saturated carbocycles. The van der Waals surface area contributed by atoms with E-state index in [1.54, 1.807) is 0 Å². The van der Waals surface area contributed by atoms with Gasteiger partial charge < -0.3 is 5.11 Å². The Morgan fingerprint density at radius 2 is 2.00 bits per heavy atom. The van der Waals surface area contributed by atoms with Crippen molar-refractivity contribution in [2.24, 2.45) is 0 Å². The predicted octanol–water partition coefficient (Wildman–Crippen LogP) is 2.09. The van der Waals surface area contributed by atoms with Gasteiger partial charge in [-0.3, -0.25) is 0 Å². The Bertz CT molecular complexity index is 341. The second kappa shape index (κ2) is 4.49. The van der Waals surface area contributed by atoms with E-state index in [-0.39, 0.29) is 6.61 Å². The zero-order valence-corrected chi connectivity index (χ0v) is 7.62. The number of hydrogen-bond acceptors (Lipinski definition) is 1. The molecule has 1 rings (SSSR count). The maximum absolute atomic E-state index is 8.96. The second-order valence-electron chi connectivity index (χ2n) is 2.77. The number of allylic oxidation sites excluding steroid dienone is 1. The van der Waals surface area contributed by atoms with Gasteiger partial charge in [-0.05, 0) is 18.1 Å². The van der Waals surface area contributed by atoms with E-state index in [1.165, 1.54) is 0 Å². The first-order chi connectivity index (χ1) is 6.29.